The third-order valence-corrected chi connectivity index (χ3v) is 4.59. The summed E-state index contributed by atoms with van der Waals surface area (Å²) in [6.45, 7) is 0.615. The minimum Gasteiger partial charge on any atom is -0.356 e. The van der Waals surface area contributed by atoms with Gasteiger partial charge in [-0.05, 0) is 42.7 Å². The topological polar surface area (TPSA) is 70.7 Å². The SMILES string of the molecule is O=C(NCCc1cccc(Cl)c1)[C@@H]1C[C@@H]1c1nc2ncccc2[nH]1. The molecule has 0 aliphatic heterocycles. The van der Waals surface area contributed by atoms with Crippen LogP contribution in [0, 0.1) is 5.92 Å². The molecule has 6 heteroatoms. The van der Waals surface area contributed by atoms with Crippen molar-refractivity contribution in [2.45, 2.75) is 18.8 Å². The highest BCUT2D eigenvalue weighted by atomic mass is 35.5. The molecule has 0 bridgehead atoms. The van der Waals surface area contributed by atoms with Gasteiger partial charge in [-0.25, -0.2) is 9.97 Å². The Morgan fingerprint density at radius 1 is 1.33 bits per heavy atom. The van der Waals surface area contributed by atoms with E-state index in [1.807, 2.05) is 36.4 Å². The maximum Gasteiger partial charge on any atom is 0.223 e. The molecule has 0 unspecified atom stereocenters. The maximum absolute atomic E-state index is 12.3. The number of H-pyrrole nitrogens is 1. The van der Waals surface area contributed by atoms with Gasteiger partial charge in [0.2, 0.25) is 5.91 Å². The Morgan fingerprint density at radius 3 is 3.08 bits per heavy atom. The van der Waals surface area contributed by atoms with Gasteiger partial charge in [-0.15, -0.1) is 0 Å². The second-order valence-electron chi connectivity index (χ2n) is 6.12. The first-order valence-electron chi connectivity index (χ1n) is 8.03. The summed E-state index contributed by atoms with van der Waals surface area (Å²) in [5.74, 6) is 1.13. The van der Waals surface area contributed by atoms with Crippen LogP contribution in [-0.4, -0.2) is 27.4 Å². The lowest BCUT2D eigenvalue weighted by molar-refractivity contribution is -0.122. The fourth-order valence-electron chi connectivity index (χ4n) is 2.98. The maximum atomic E-state index is 12.3. The van der Waals surface area contributed by atoms with E-state index in [-0.39, 0.29) is 17.7 Å². The highest BCUT2D eigenvalue weighted by Crippen LogP contribution is 2.46. The number of carbonyl (C=O) groups is 1. The Hall–Kier alpha value is -2.40. The molecule has 1 saturated carbocycles. The third kappa shape index (κ3) is 3.12. The zero-order chi connectivity index (χ0) is 16.5. The molecular formula is C18H17ClN4O. The number of nitrogens with zero attached hydrogens (tertiary/aromatic N) is 2. The van der Waals surface area contributed by atoms with Gasteiger partial charge in [0.1, 0.15) is 5.82 Å². The van der Waals surface area contributed by atoms with Crippen LogP contribution >= 0.6 is 11.6 Å². The Bertz CT molecular complexity index is 858. The molecule has 2 heterocycles. The molecule has 1 fully saturated rings. The summed E-state index contributed by atoms with van der Waals surface area (Å²) in [7, 11) is 0. The van der Waals surface area contributed by atoms with Crippen molar-refractivity contribution < 1.29 is 4.79 Å². The molecule has 5 nitrogen and oxygen atoms in total. The monoisotopic (exact) mass is 340 g/mol. The number of nitrogens with one attached hydrogen (secondary N) is 2. The number of rotatable bonds is 5. The van der Waals surface area contributed by atoms with E-state index in [0.717, 1.165) is 34.8 Å². The van der Waals surface area contributed by atoms with Crippen molar-refractivity contribution >= 4 is 28.7 Å². The molecule has 1 amide bonds. The molecule has 24 heavy (non-hydrogen) atoms. The summed E-state index contributed by atoms with van der Waals surface area (Å²) in [5.41, 5.74) is 2.75. The largest absolute Gasteiger partial charge is 0.356 e. The van der Waals surface area contributed by atoms with Crippen LogP contribution in [0.2, 0.25) is 5.02 Å². The smallest absolute Gasteiger partial charge is 0.223 e. The van der Waals surface area contributed by atoms with Crippen molar-refractivity contribution in [3.05, 3.63) is 59.0 Å². The molecule has 2 atom stereocenters. The Labute approximate surface area is 144 Å². The van der Waals surface area contributed by atoms with E-state index in [9.17, 15) is 4.79 Å². The molecular weight excluding hydrogens is 324 g/mol. The van der Waals surface area contributed by atoms with Gasteiger partial charge in [0.25, 0.3) is 0 Å². The molecule has 0 radical (unpaired) electrons. The Balaban J connectivity index is 1.32. The van der Waals surface area contributed by atoms with E-state index < -0.39 is 0 Å². The second kappa shape index (κ2) is 6.24. The van der Waals surface area contributed by atoms with Gasteiger partial charge in [-0.2, -0.15) is 0 Å². The van der Waals surface area contributed by atoms with E-state index in [1.54, 1.807) is 6.20 Å². The van der Waals surface area contributed by atoms with Crippen LogP contribution in [0.4, 0.5) is 0 Å². The number of hydrogen-bond acceptors (Lipinski definition) is 3. The van der Waals surface area contributed by atoms with Crippen molar-refractivity contribution in [1.82, 2.24) is 20.3 Å². The van der Waals surface area contributed by atoms with E-state index in [4.69, 9.17) is 11.6 Å². The van der Waals surface area contributed by atoms with Crippen molar-refractivity contribution in [2.75, 3.05) is 6.54 Å². The number of carbonyl (C=O) groups excluding carboxylic acids is 1. The van der Waals surface area contributed by atoms with Gasteiger partial charge < -0.3 is 10.3 Å². The normalized spacial score (nSPS) is 19.4. The van der Waals surface area contributed by atoms with E-state index in [2.05, 4.69) is 20.3 Å². The summed E-state index contributed by atoms with van der Waals surface area (Å²) < 4.78 is 0. The fourth-order valence-corrected chi connectivity index (χ4v) is 3.19. The Morgan fingerprint density at radius 2 is 2.25 bits per heavy atom. The van der Waals surface area contributed by atoms with Crippen LogP contribution in [0.5, 0.6) is 0 Å². The first-order chi connectivity index (χ1) is 11.7. The summed E-state index contributed by atoms with van der Waals surface area (Å²) in [6.07, 6.45) is 3.33. The van der Waals surface area contributed by atoms with Crippen molar-refractivity contribution in [2.24, 2.45) is 5.92 Å². The van der Waals surface area contributed by atoms with E-state index in [0.29, 0.717) is 12.2 Å². The fraction of sp³-hybridized carbons (Fsp3) is 0.278. The van der Waals surface area contributed by atoms with Gasteiger partial charge >= 0.3 is 0 Å². The number of fused-ring (bicyclic) bond motifs is 1. The Kier molecular flexibility index (Phi) is 3.94. The number of benzene rings is 1. The van der Waals surface area contributed by atoms with Gasteiger partial charge in [-0.1, -0.05) is 23.7 Å². The summed E-state index contributed by atoms with van der Waals surface area (Å²) >= 11 is 5.96. The van der Waals surface area contributed by atoms with Crippen LogP contribution in [0.15, 0.2) is 42.6 Å². The lowest BCUT2D eigenvalue weighted by Gasteiger charge is -2.05. The molecule has 1 aliphatic carbocycles. The van der Waals surface area contributed by atoms with Gasteiger partial charge in [0.15, 0.2) is 5.65 Å². The molecule has 3 aromatic rings. The molecule has 122 valence electrons. The zero-order valence-corrected chi connectivity index (χ0v) is 13.8. The van der Waals surface area contributed by atoms with Crippen LogP contribution in [0.3, 0.4) is 0 Å². The summed E-state index contributed by atoms with van der Waals surface area (Å²) in [6, 6.07) is 11.5. The van der Waals surface area contributed by atoms with E-state index in [1.165, 1.54) is 0 Å². The predicted octanol–water partition coefficient (Wildman–Crippen LogP) is 3.07. The standard InChI is InChI=1S/C18H17ClN4O/c19-12-4-1-3-11(9-12)6-8-21-18(24)14-10-13(14)16-22-15-5-2-7-20-17(15)23-16/h1-5,7,9,13-14H,6,8,10H2,(H,21,24)(H,20,22,23)/t13-,14+/m0/s1. The van der Waals surface area contributed by atoms with Crippen molar-refractivity contribution in [3.63, 3.8) is 0 Å². The number of hydrogen-bond donors (Lipinski definition) is 2. The van der Waals surface area contributed by atoms with Gasteiger partial charge in [-0.3, -0.25) is 4.79 Å². The number of aromatic nitrogens is 3. The predicted molar refractivity (Wildman–Crippen MR) is 92.9 cm³/mol. The highest BCUT2D eigenvalue weighted by molar-refractivity contribution is 6.30. The van der Waals surface area contributed by atoms with E-state index >= 15 is 0 Å². The molecule has 2 N–H and O–H groups in total. The highest BCUT2D eigenvalue weighted by Gasteiger charge is 2.45. The first-order valence-corrected chi connectivity index (χ1v) is 8.41. The summed E-state index contributed by atoms with van der Waals surface area (Å²) in [5, 5.41) is 3.73. The number of amides is 1. The molecule has 0 spiro atoms. The third-order valence-electron chi connectivity index (χ3n) is 4.36. The lowest BCUT2D eigenvalue weighted by atomic mass is 10.1. The average molecular weight is 341 g/mol. The zero-order valence-electron chi connectivity index (χ0n) is 13.0. The molecule has 0 saturated heterocycles. The minimum absolute atomic E-state index is 0.00456. The minimum atomic E-state index is 0.00456. The van der Waals surface area contributed by atoms with Crippen LogP contribution in [-0.2, 0) is 11.2 Å². The van der Waals surface area contributed by atoms with Gasteiger partial charge in [0.05, 0.1) is 5.52 Å². The average Bonchev–Trinajstić information content (AvgIpc) is 3.27. The van der Waals surface area contributed by atoms with Crippen LogP contribution < -0.4 is 5.32 Å². The number of pyridine rings is 1. The number of imidazole rings is 1. The quantitative estimate of drug-likeness (QED) is 0.749. The first kappa shape index (κ1) is 15.1. The lowest BCUT2D eigenvalue weighted by Crippen LogP contribution is -2.27. The molecule has 2 aromatic heterocycles. The number of aromatic amines is 1. The van der Waals surface area contributed by atoms with Gasteiger partial charge in [0, 0.05) is 29.6 Å². The van der Waals surface area contributed by atoms with Crippen LogP contribution in [0.1, 0.15) is 23.7 Å². The second-order valence-corrected chi connectivity index (χ2v) is 6.55. The molecule has 1 aromatic carbocycles. The van der Waals surface area contributed by atoms with Crippen molar-refractivity contribution in [1.29, 1.82) is 0 Å². The molecule has 4 rings (SSSR count). The summed E-state index contributed by atoms with van der Waals surface area (Å²) in [4.78, 5) is 24.2. The molecule has 1 aliphatic rings. The van der Waals surface area contributed by atoms with Crippen LogP contribution in [0.25, 0.3) is 11.2 Å². The van der Waals surface area contributed by atoms with Crippen molar-refractivity contribution in [3.8, 4) is 0 Å². The number of halogens is 1.